The second-order valence-corrected chi connectivity index (χ2v) is 5.03. The predicted octanol–water partition coefficient (Wildman–Crippen LogP) is 1.60. The van der Waals surface area contributed by atoms with E-state index in [0.717, 1.165) is 18.9 Å². The van der Waals surface area contributed by atoms with Gasteiger partial charge in [-0.15, -0.1) is 0 Å². The molecule has 1 atom stereocenters. The number of aliphatic carboxylic acids is 1. The van der Waals surface area contributed by atoms with Crippen LogP contribution in [0.25, 0.3) is 0 Å². The minimum atomic E-state index is -0.813. The van der Waals surface area contributed by atoms with Gasteiger partial charge in [0.15, 0.2) is 0 Å². The number of hydrogen-bond donors (Lipinski definition) is 2. The average Bonchev–Trinajstić information content (AvgIpc) is 2.39. The molecule has 1 aliphatic rings. The van der Waals surface area contributed by atoms with Gasteiger partial charge in [0.1, 0.15) is 18.0 Å². The summed E-state index contributed by atoms with van der Waals surface area (Å²) >= 11 is 0. The molecule has 1 aromatic heterocycles. The van der Waals surface area contributed by atoms with Crippen molar-refractivity contribution < 1.29 is 9.90 Å². The Balaban J connectivity index is 1.96. The molecule has 1 unspecified atom stereocenters. The maximum absolute atomic E-state index is 10.5. The third-order valence-electron chi connectivity index (χ3n) is 3.28. The molecule has 0 aliphatic carbocycles. The smallest absolute Gasteiger partial charge is 0.305 e. The van der Waals surface area contributed by atoms with Gasteiger partial charge in [-0.25, -0.2) is 9.97 Å². The van der Waals surface area contributed by atoms with Crippen LogP contribution in [-0.4, -0.2) is 40.7 Å². The van der Waals surface area contributed by atoms with Gasteiger partial charge in [0.25, 0.3) is 0 Å². The van der Waals surface area contributed by atoms with Crippen LogP contribution in [0.1, 0.15) is 26.2 Å². The summed E-state index contributed by atoms with van der Waals surface area (Å²) in [6, 6.07) is 1.89. The van der Waals surface area contributed by atoms with Crippen LogP contribution in [0, 0.1) is 5.92 Å². The van der Waals surface area contributed by atoms with Gasteiger partial charge in [-0.2, -0.15) is 0 Å². The number of carboxylic acid groups (broad SMARTS) is 1. The van der Waals surface area contributed by atoms with Gasteiger partial charge in [-0.3, -0.25) is 4.79 Å². The molecule has 0 aromatic carbocycles. The van der Waals surface area contributed by atoms with Crippen LogP contribution >= 0.6 is 0 Å². The summed E-state index contributed by atoms with van der Waals surface area (Å²) in [5.74, 6) is 1.47. The number of carboxylic acids is 1. The molecule has 1 aromatic rings. The molecule has 1 saturated heterocycles. The number of nitrogens with zero attached hydrogens (tertiary/aromatic N) is 3. The summed E-state index contributed by atoms with van der Waals surface area (Å²) in [7, 11) is 0. The molecule has 6 heteroatoms. The zero-order valence-electron chi connectivity index (χ0n) is 11.2. The highest BCUT2D eigenvalue weighted by atomic mass is 16.4. The molecule has 0 radical (unpaired) electrons. The average molecular weight is 264 g/mol. The van der Waals surface area contributed by atoms with Gasteiger partial charge < -0.3 is 15.3 Å². The molecular formula is C13H20N4O2. The number of rotatable bonds is 5. The van der Waals surface area contributed by atoms with Gasteiger partial charge in [-0.05, 0) is 18.8 Å². The SMILES string of the molecule is CC1CCCN(c2cc(NCCC(=O)O)ncn2)C1. The van der Waals surface area contributed by atoms with Crippen molar-refractivity contribution in [1.82, 2.24) is 9.97 Å². The first-order chi connectivity index (χ1) is 9.15. The fourth-order valence-electron chi connectivity index (χ4n) is 2.31. The molecule has 104 valence electrons. The summed E-state index contributed by atoms with van der Waals surface area (Å²) in [6.45, 7) is 4.67. The van der Waals surface area contributed by atoms with Crippen LogP contribution in [-0.2, 0) is 4.79 Å². The Bertz CT molecular complexity index is 438. The summed E-state index contributed by atoms with van der Waals surface area (Å²) in [4.78, 5) is 21.1. The third kappa shape index (κ3) is 4.08. The van der Waals surface area contributed by atoms with Crippen molar-refractivity contribution >= 4 is 17.6 Å². The molecule has 0 bridgehead atoms. The number of hydrogen-bond acceptors (Lipinski definition) is 5. The van der Waals surface area contributed by atoms with E-state index in [4.69, 9.17) is 5.11 Å². The molecule has 0 amide bonds. The lowest BCUT2D eigenvalue weighted by molar-refractivity contribution is -0.136. The second kappa shape index (κ2) is 6.36. The Morgan fingerprint density at radius 2 is 2.42 bits per heavy atom. The number of piperidine rings is 1. The van der Waals surface area contributed by atoms with Gasteiger partial charge in [-0.1, -0.05) is 6.92 Å². The van der Waals surface area contributed by atoms with Crippen molar-refractivity contribution in [1.29, 1.82) is 0 Å². The molecule has 19 heavy (non-hydrogen) atoms. The minimum absolute atomic E-state index is 0.0834. The van der Waals surface area contributed by atoms with E-state index in [-0.39, 0.29) is 6.42 Å². The summed E-state index contributed by atoms with van der Waals surface area (Å²) < 4.78 is 0. The van der Waals surface area contributed by atoms with Crippen LogP contribution < -0.4 is 10.2 Å². The van der Waals surface area contributed by atoms with Crippen molar-refractivity contribution in [3.05, 3.63) is 12.4 Å². The van der Waals surface area contributed by atoms with Crippen LogP contribution in [0.15, 0.2) is 12.4 Å². The molecular weight excluding hydrogens is 244 g/mol. The van der Waals surface area contributed by atoms with E-state index in [0.29, 0.717) is 18.3 Å². The topological polar surface area (TPSA) is 78.4 Å². The van der Waals surface area contributed by atoms with Gasteiger partial charge in [0.05, 0.1) is 6.42 Å². The normalized spacial score (nSPS) is 19.2. The van der Waals surface area contributed by atoms with E-state index < -0.39 is 5.97 Å². The number of carbonyl (C=O) groups is 1. The molecule has 2 heterocycles. The lowest BCUT2D eigenvalue weighted by Gasteiger charge is -2.31. The number of anilines is 2. The molecule has 1 aliphatic heterocycles. The molecule has 0 spiro atoms. The molecule has 6 nitrogen and oxygen atoms in total. The minimum Gasteiger partial charge on any atom is -0.481 e. The van der Waals surface area contributed by atoms with Crippen molar-refractivity contribution in [3.63, 3.8) is 0 Å². The first-order valence-electron chi connectivity index (χ1n) is 6.68. The quantitative estimate of drug-likeness (QED) is 0.841. The Labute approximate surface area is 112 Å². The van der Waals surface area contributed by atoms with Crippen molar-refractivity contribution in [2.75, 3.05) is 29.9 Å². The first kappa shape index (κ1) is 13.6. The zero-order valence-corrected chi connectivity index (χ0v) is 11.2. The highest BCUT2D eigenvalue weighted by Crippen LogP contribution is 2.22. The Morgan fingerprint density at radius 1 is 1.58 bits per heavy atom. The van der Waals surface area contributed by atoms with Gasteiger partial charge in [0.2, 0.25) is 0 Å². The number of aromatic nitrogens is 2. The largest absolute Gasteiger partial charge is 0.481 e. The lowest BCUT2D eigenvalue weighted by atomic mass is 10.0. The van der Waals surface area contributed by atoms with Crippen molar-refractivity contribution in [2.45, 2.75) is 26.2 Å². The predicted molar refractivity (Wildman–Crippen MR) is 73.4 cm³/mol. The Hall–Kier alpha value is -1.85. The second-order valence-electron chi connectivity index (χ2n) is 5.03. The summed E-state index contributed by atoms with van der Waals surface area (Å²) in [6.07, 6.45) is 4.07. The third-order valence-corrected chi connectivity index (χ3v) is 3.28. The standard InChI is InChI=1S/C13H20N4O2/c1-10-3-2-6-17(8-10)12-7-11(15-9-16-12)14-5-4-13(18)19/h7,9-10H,2-6,8H2,1H3,(H,18,19)(H,14,15,16). The fourth-order valence-corrected chi connectivity index (χ4v) is 2.31. The van der Waals surface area contributed by atoms with Crippen LogP contribution in [0.5, 0.6) is 0 Å². The fraction of sp³-hybridized carbons (Fsp3) is 0.615. The summed E-state index contributed by atoms with van der Waals surface area (Å²) in [5, 5.41) is 11.6. The van der Waals surface area contributed by atoms with E-state index in [1.807, 2.05) is 6.07 Å². The first-order valence-corrected chi connectivity index (χ1v) is 6.68. The highest BCUT2D eigenvalue weighted by Gasteiger charge is 2.17. The maximum Gasteiger partial charge on any atom is 0.305 e. The maximum atomic E-state index is 10.5. The van der Waals surface area contributed by atoms with Crippen molar-refractivity contribution in [2.24, 2.45) is 5.92 Å². The van der Waals surface area contributed by atoms with E-state index in [2.05, 4.69) is 27.1 Å². The highest BCUT2D eigenvalue weighted by molar-refractivity contribution is 5.67. The molecule has 2 N–H and O–H groups in total. The van der Waals surface area contributed by atoms with Gasteiger partial charge in [0, 0.05) is 25.7 Å². The lowest BCUT2D eigenvalue weighted by Crippen LogP contribution is -2.34. The van der Waals surface area contributed by atoms with Crippen LogP contribution in [0.3, 0.4) is 0 Å². The Morgan fingerprint density at radius 3 is 3.16 bits per heavy atom. The van der Waals surface area contributed by atoms with Crippen molar-refractivity contribution in [3.8, 4) is 0 Å². The van der Waals surface area contributed by atoms with Gasteiger partial charge >= 0.3 is 5.97 Å². The monoisotopic (exact) mass is 264 g/mol. The van der Waals surface area contributed by atoms with E-state index in [1.165, 1.54) is 19.2 Å². The number of nitrogens with one attached hydrogen (secondary N) is 1. The van der Waals surface area contributed by atoms with E-state index in [9.17, 15) is 4.79 Å². The van der Waals surface area contributed by atoms with E-state index >= 15 is 0 Å². The zero-order chi connectivity index (χ0) is 13.7. The van der Waals surface area contributed by atoms with Crippen LogP contribution in [0.2, 0.25) is 0 Å². The Kier molecular flexibility index (Phi) is 4.54. The van der Waals surface area contributed by atoms with E-state index in [1.54, 1.807) is 0 Å². The van der Waals surface area contributed by atoms with Crippen LogP contribution in [0.4, 0.5) is 11.6 Å². The molecule has 0 saturated carbocycles. The summed E-state index contributed by atoms with van der Waals surface area (Å²) in [5.41, 5.74) is 0. The molecule has 2 rings (SSSR count). The molecule has 1 fully saturated rings.